The molecular formula is C11H16N2S. The zero-order valence-electron chi connectivity index (χ0n) is 8.44. The van der Waals surface area contributed by atoms with E-state index in [0.29, 0.717) is 5.92 Å². The average Bonchev–Trinajstić information content (AvgIpc) is 2.64. The molecule has 1 heterocycles. The number of nitrogens with zero attached hydrogens (tertiary/aromatic N) is 1. The van der Waals surface area contributed by atoms with Crippen LogP contribution in [0.15, 0.2) is 5.38 Å². The molecule has 2 aliphatic carbocycles. The first-order valence-corrected chi connectivity index (χ1v) is 6.29. The van der Waals surface area contributed by atoms with Crippen molar-refractivity contribution in [3.05, 3.63) is 16.1 Å². The second-order valence-corrected chi connectivity index (χ2v) is 5.87. The van der Waals surface area contributed by atoms with E-state index in [4.69, 9.17) is 5.73 Å². The molecule has 3 atom stereocenters. The molecule has 3 unspecified atom stereocenters. The van der Waals surface area contributed by atoms with E-state index in [1.165, 1.54) is 19.3 Å². The Balaban J connectivity index is 1.72. The Morgan fingerprint density at radius 3 is 2.71 bits per heavy atom. The molecule has 0 radical (unpaired) electrons. The maximum atomic E-state index is 6.24. The highest BCUT2D eigenvalue weighted by molar-refractivity contribution is 7.09. The van der Waals surface area contributed by atoms with Gasteiger partial charge in [-0.2, -0.15) is 0 Å². The van der Waals surface area contributed by atoms with Crippen molar-refractivity contribution in [2.24, 2.45) is 23.5 Å². The van der Waals surface area contributed by atoms with Crippen LogP contribution in [-0.2, 0) is 0 Å². The number of rotatable bonds is 2. The minimum atomic E-state index is 0.202. The quantitative estimate of drug-likeness (QED) is 0.811. The van der Waals surface area contributed by atoms with E-state index < -0.39 is 0 Å². The van der Waals surface area contributed by atoms with Crippen molar-refractivity contribution in [2.45, 2.75) is 32.2 Å². The van der Waals surface area contributed by atoms with Gasteiger partial charge in [-0.25, -0.2) is 4.98 Å². The highest BCUT2D eigenvalue weighted by Gasteiger charge is 2.47. The molecule has 2 saturated carbocycles. The monoisotopic (exact) mass is 208 g/mol. The number of thiazole rings is 1. The Morgan fingerprint density at radius 1 is 1.43 bits per heavy atom. The summed E-state index contributed by atoms with van der Waals surface area (Å²) in [6, 6.07) is 0.202. The van der Waals surface area contributed by atoms with Gasteiger partial charge < -0.3 is 5.73 Å². The molecule has 0 saturated heterocycles. The third kappa shape index (κ3) is 1.39. The number of hydrogen-bond donors (Lipinski definition) is 1. The molecule has 0 spiro atoms. The molecule has 2 aliphatic rings. The van der Waals surface area contributed by atoms with Gasteiger partial charge in [0.1, 0.15) is 0 Å². The Kier molecular flexibility index (Phi) is 1.92. The molecule has 1 aromatic heterocycles. The van der Waals surface area contributed by atoms with E-state index in [1.54, 1.807) is 11.3 Å². The van der Waals surface area contributed by atoms with Crippen LogP contribution >= 0.6 is 11.3 Å². The van der Waals surface area contributed by atoms with Crippen LogP contribution in [0, 0.1) is 24.7 Å². The lowest BCUT2D eigenvalue weighted by Crippen LogP contribution is -2.20. The van der Waals surface area contributed by atoms with E-state index in [2.05, 4.69) is 10.4 Å². The fourth-order valence-corrected chi connectivity index (χ4v) is 3.49. The molecule has 1 aromatic rings. The summed E-state index contributed by atoms with van der Waals surface area (Å²) in [4.78, 5) is 4.49. The molecule has 2 fully saturated rings. The molecule has 0 aromatic carbocycles. The minimum Gasteiger partial charge on any atom is -0.322 e. The van der Waals surface area contributed by atoms with Crippen LogP contribution < -0.4 is 5.73 Å². The predicted octanol–water partition coefficient (Wildman–Crippen LogP) is 2.50. The smallest absolute Gasteiger partial charge is 0.0898 e. The summed E-state index contributed by atoms with van der Waals surface area (Å²) in [5.41, 5.74) is 7.36. The van der Waals surface area contributed by atoms with Crippen LogP contribution in [0.3, 0.4) is 0 Å². The molecule has 14 heavy (non-hydrogen) atoms. The van der Waals surface area contributed by atoms with E-state index in [1.807, 2.05) is 6.92 Å². The van der Waals surface area contributed by atoms with E-state index in [0.717, 1.165) is 22.5 Å². The van der Waals surface area contributed by atoms with Crippen molar-refractivity contribution >= 4 is 11.3 Å². The van der Waals surface area contributed by atoms with Gasteiger partial charge in [0.05, 0.1) is 16.7 Å². The van der Waals surface area contributed by atoms with Crippen LogP contribution in [0.2, 0.25) is 0 Å². The lowest BCUT2D eigenvalue weighted by Gasteiger charge is -2.18. The van der Waals surface area contributed by atoms with Crippen molar-refractivity contribution in [3.8, 4) is 0 Å². The maximum Gasteiger partial charge on any atom is 0.0898 e. The summed E-state index contributed by atoms with van der Waals surface area (Å²) in [6.07, 6.45) is 4.17. The number of nitrogens with two attached hydrogens (primary N) is 1. The third-order valence-corrected chi connectivity index (χ3v) is 4.56. The average molecular weight is 208 g/mol. The third-order valence-electron chi connectivity index (χ3n) is 3.77. The van der Waals surface area contributed by atoms with Gasteiger partial charge in [-0.3, -0.25) is 0 Å². The van der Waals surface area contributed by atoms with Crippen LogP contribution in [0.5, 0.6) is 0 Å². The van der Waals surface area contributed by atoms with Gasteiger partial charge >= 0.3 is 0 Å². The SMILES string of the molecule is Cc1nc(C(N)C2CC3CC3C2)cs1. The van der Waals surface area contributed by atoms with Crippen molar-refractivity contribution in [1.29, 1.82) is 0 Å². The normalized spacial score (nSPS) is 36.9. The second-order valence-electron chi connectivity index (χ2n) is 4.80. The van der Waals surface area contributed by atoms with Gasteiger partial charge in [-0.1, -0.05) is 0 Å². The van der Waals surface area contributed by atoms with Crippen LogP contribution in [0.25, 0.3) is 0 Å². The Hall–Kier alpha value is -0.410. The summed E-state index contributed by atoms with van der Waals surface area (Å²) < 4.78 is 0. The molecule has 3 heteroatoms. The molecule has 3 rings (SSSR count). The Labute approximate surface area is 88.5 Å². The first-order chi connectivity index (χ1) is 6.74. The summed E-state index contributed by atoms with van der Waals surface area (Å²) >= 11 is 1.71. The molecule has 2 nitrogen and oxygen atoms in total. The lowest BCUT2D eigenvalue weighted by molar-refractivity contribution is 0.398. The highest BCUT2D eigenvalue weighted by atomic mass is 32.1. The van der Waals surface area contributed by atoms with E-state index >= 15 is 0 Å². The molecular weight excluding hydrogens is 192 g/mol. The predicted molar refractivity (Wildman–Crippen MR) is 58.1 cm³/mol. The molecule has 0 bridgehead atoms. The summed E-state index contributed by atoms with van der Waals surface area (Å²) in [5, 5.41) is 3.27. The topological polar surface area (TPSA) is 38.9 Å². The summed E-state index contributed by atoms with van der Waals surface area (Å²) in [6.45, 7) is 2.05. The number of fused-ring (bicyclic) bond motifs is 1. The molecule has 2 N–H and O–H groups in total. The van der Waals surface area contributed by atoms with Gasteiger partial charge in [-0.05, 0) is 43.9 Å². The fourth-order valence-electron chi connectivity index (χ4n) is 2.83. The summed E-state index contributed by atoms with van der Waals surface area (Å²) in [5.74, 6) is 2.75. The lowest BCUT2D eigenvalue weighted by atomic mass is 9.93. The van der Waals surface area contributed by atoms with Gasteiger partial charge in [0.25, 0.3) is 0 Å². The van der Waals surface area contributed by atoms with Gasteiger partial charge in [0.15, 0.2) is 0 Å². The van der Waals surface area contributed by atoms with E-state index in [9.17, 15) is 0 Å². The first kappa shape index (κ1) is 8.86. The highest BCUT2D eigenvalue weighted by Crippen LogP contribution is 2.56. The van der Waals surface area contributed by atoms with Crippen LogP contribution in [0.1, 0.15) is 36.0 Å². The van der Waals surface area contributed by atoms with Crippen molar-refractivity contribution in [1.82, 2.24) is 4.98 Å². The number of aryl methyl sites for hydroxylation is 1. The van der Waals surface area contributed by atoms with Gasteiger partial charge in [-0.15, -0.1) is 11.3 Å². The van der Waals surface area contributed by atoms with E-state index in [-0.39, 0.29) is 6.04 Å². The minimum absolute atomic E-state index is 0.202. The standard InChI is InChI=1S/C11H16N2S/c1-6-13-10(5-14-6)11(12)9-3-7-2-8(7)4-9/h5,7-9,11H,2-4,12H2,1H3. The van der Waals surface area contributed by atoms with Crippen LogP contribution in [0.4, 0.5) is 0 Å². The largest absolute Gasteiger partial charge is 0.322 e. The first-order valence-electron chi connectivity index (χ1n) is 5.41. The van der Waals surface area contributed by atoms with Crippen molar-refractivity contribution < 1.29 is 0 Å². The van der Waals surface area contributed by atoms with Gasteiger partial charge in [0, 0.05) is 5.38 Å². The maximum absolute atomic E-state index is 6.24. The van der Waals surface area contributed by atoms with Crippen LogP contribution in [-0.4, -0.2) is 4.98 Å². The van der Waals surface area contributed by atoms with Gasteiger partial charge in [0.2, 0.25) is 0 Å². The molecule has 0 amide bonds. The summed E-state index contributed by atoms with van der Waals surface area (Å²) in [7, 11) is 0. The Bertz CT molecular complexity index is 337. The zero-order chi connectivity index (χ0) is 9.71. The fraction of sp³-hybridized carbons (Fsp3) is 0.727. The molecule has 0 aliphatic heterocycles. The zero-order valence-corrected chi connectivity index (χ0v) is 9.26. The number of hydrogen-bond acceptors (Lipinski definition) is 3. The van der Waals surface area contributed by atoms with Crippen molar-refractivity contribution in [2.75, 3.05) is 0 Å². The molecule has 76 valence electrons. The Morgan fingerprint density at radius 2 is 2.14 bits per heavy atom. The second kappa shape index (κ2) is 3.04. The van der Waals surface area contributed by atoms with Crippen molar-refractivity contribution in [3.63, 3.8) is 0 Å². The number of aromatic nitrogens is 1.